The Kier molecular flexibility index (Phi) is 4.74. The molecule has 2 aromatic heterocycles. The molecule has 2 aliphatic rings. The fourth-order valence-corrected chi connectivity index (χ4v) is 5.27. The number of pyridine rings is 1. The van der Waals surface area contributed by atoms with Gasteiger partial charge in [-0.15, -0.1) is 0 Å². The maximum Gasteiger partial charge on any atom is 0.263 e. The highest BCUT2D eigenvalue weighted by atomic mass is 16.3. The summed E-state index contributed by atoms with van der Waals surface area (Å²) in [6, 6.07) is 9.99. The summed E-state index contributed by atoms with van der Waals surface area (Å²) in [5.41, 5.74) is 3.06. The van der Waals surface area contributed by atoms with Gasteiger partial charge in [-0.3, -0.25) is 9.59 Å². The summed E-state index contributed by atoms with van der Waals surface area (Å²) in [6.07, 6.45) is 5.78. The zero-order chi connectivity index (χ0) is 20.8. The van der Waals surface area contributed by atoms with Crippen molar-refractivity contribution in [3.05, 3.63) is 69.8 Å². The number of benzene rings is 1. The van der Waals surface area contributed by atoms with E-state index in [4.69, 9.17) is 0 Å². The van der Waals surface area contributed by atoms with Gasteiger partial charge in [0.05, 0.1) is 6.10 Å². The van der Waals surface area contributed by atoms with E-state index in [9.17, 15) is 14.7 Å². The van der Waals surface area contributed by atoms with E-state index in [-0.39, 0.29) is 23.1 Å². The number of para-hydroxylation sites is 1. The monoisotopic (exact) mass is 405 g/mol. The van der Waals surface area contributed by atoms with Crippen LogP contribution in [0.3, 0.4) is 0 Å². The zero-order valence-electron chi connectivity index (χ0n) is 17.2. The van der Waals surface area contributed by atoms with Gasteiger partial charge >= 0.3 is 0 Å². The number of nitrogens with zero attached hydrogens (tertiary/aromatic N) is 2. The van der Waals surface area contributed by atoms with Crippen molar-refractivity contribution >= 4 is 16.8 Å². The molecule has 1 saturated carbocycles. The highest BCUT2D eigenvalue weighted by Crippen LogP contribution is 2.38. The van der Waals surface area contributed by atoms with E-state index in [0.29, 0.717) is 37.9 Å². The molecule has 0 bridgehead atoms. The molecular formula is C24H27N3O3. The van der Waals surface area contributed by atoms with Gasteiger partial charge in [-0.2, -0.15) is 0 Å². The minimum Gasteiger partial charge on any atom is -0.393 e. The molecule has 3 heterocycles. The Morgan fingerprint density at radius 3 is 2.67 bits per heavy atom. The number of aryl methyl sites for hydroxylation is 3. The number of amides is 1. The third kappa shape index (κ3) is 3.25. The lowest BCUT2D eigenvalue weighted by Gasteiger charge is -2.19. The third-order valence-corrected chi connectivity index (χ3v) is 6.90. The summed E-state index contributed by atoms with van der Waals surface area (Å²) < 4.78 is 1.66. The second-order valence-electron chi connectivity index (χ2n) is 8.84. The first-order valence-corrected chi connectivity index (χ1v) is 10.7. The van der Waals surface area contributed by atoms with Crippen LogP contribution in [0.5, 0.6) is 0 Å². The summed E-state index contributed by atoms with van der Waals surface area (Å²) in [5, 5.41) is 11.0. The van der Waals surface area contributed by atoms with Gasteiger partial charge < -0.3 is 19.6 Å². The molecule has 156 valence electrons. The number of fused-ring (bicyclic) bond motifs is 2. The van der Waals surface area contributed by atoms with Gasteiger partial charge in [-0.05, 0) is 61.3 Å². The molecular weight excluding hydrogens is 378 g/mol. The smallest absolute Gasteiger partial charge is 0.263 e. The number of aromatic nitrogens is 2. The number of carbonyl (C=O) groups excluding carboxylic acids is 1. The predicted molar refractivity (Wildman–Crippen MR) is 116 cm³/mol. The molecule has 3 atom stereocenters. The van der Waals surface area contributed by atoms with Crippen LogP contribution in [-0.4, -0.2) is 44.7 Å². The van der Waals surface area contributed by atoms with Gasteiger partial charge in [0, 0.05) is 42.9 Å². The Morgan fingerprint density at radius 2 is 1.90 bits per heavy atom. The van der Waals surface area contributed by atoms with Crippen molar-refractivity contribution in [3.63, 3.8) is 0 Å². The van der Waals surface area contributed by atoms with Gasteiger partial charge in [0.1, 0.15) is 5.56 Å². The van der Waals surface area contributed by atoms with Crippen LogP contribution >= 0.6 is 0 Å². The summed E-state index contributed by atoms with van der Waals surface area (Å²) in [4.78, 5) is 31.5. The highest BCUT2D eigenvalue weighted by Gasteiger charge is 2.42. The highest BCUT2D eigenvalue weighted by molar-refractivity contribution is 5.95. The molecule has 1 saturated heterocycles. The van der Waals surface area contributed by atoms with Crippen LogP contribution in [0.1, 0.15) is 34.3 Å². The average molecular weight is 405 g/mol. The van der Waals surface area contributed by atoms with E-state index >= 15 is 0 Å². The number of aliphatic hydroxyl groups is 1. The second kappa shape index (κ2) is 7.43. The van der Waals surface area contributed by atoms with Crippen molar-refractivity contribution in [2.75, 3.05) is 13.1 Å². The van der Waals surface area contributed by atoms with E-state index in [1.54, 1.807) is 10.8 Å². The number of aliphatic hydroxyl groups excluding tert-OH is 1. The Bertz CT molecular complexity index is 1150. The molecule has 1 aliphatic carbocycles. The fraction of sp³-hybridized carbons (Fsp3) is 0.417. The third-order valence-electron chi connectivity index (χ3n) is 6.90. The lowest BCUT2D eigenvalue weighted by molar-refractivity contribution is 0.0762. The lowest BCUT2D eigenvalue weighted by Crippen LogP contribution is -2.37. The molecule has 1 unspecified atom stereocenters. The van der Waals surface area contributed by atoms with E-state index in [0.717, 1.165) is 29.5 Å². The maximum absolute atomic E-state index is 13.2. The van der Waals surface area contributed by atoms with E-state index < -0.39 is 0 Å². The van der Waals surface area contributed by atoms with Crippen molar-refractivity contribution in [2.45, 2.75) is 38.8 Å². The standard InChI is InChI=1S/C24H27N3O3/c1-15-6-8-26(9-7-16-12-25-21-5-3-2-4-20(16)21)23(29)22(15)24(30)27-13-17-10-19(28)11-18(17)14-27/h2-6,8,12,17-19,25,28H,7,9-11,13-14H2,1H3/t17-,18+,19?. The minimum atomic E-state index is -0.238. The summed E-state index contributed by atoms with van der Waals surface area (Å²) in [5.74, 6) is 0.553. The van der Waals surface area contributed by atoms with Crippen LogP contribution in [0.25, 0.3) is 10.9 Å². The Labute approximate surface area is 175 Å². The van der Waals surface area contributed by atoms with Crippen molar-refractivity contribution in [1.82, 2.24) is 14.5 Å². The van der Waals surface area contributed by atoms with Gasteiger partial charge in [0.2, 0.25) is 0 Å². The molecule has 1 aromatic carbocycles. The van der Waals surface area contributed by atoms with Crippen molar-refractivity contribution in [3.8, 4) is 0 Å². The predicted octanol–water partition coefficient (Wildman–Crippen LogP) is 2.72. The van der Waals surface area contributed by atoms with Crippen LogP contribution in [0.4, 0.5) is 0 Å². The molecule has 30 heavy (non-hydrogen) atoms. The fourth-order valence-electron chi connectivity index (χ4n) is 5.27. The number of nitrogens with one attached hydrogen (secondary N) is 1. The normalized spacial score (nSPS) is 23.3. The number of carbonyl (C=O) groups is 1. The topological polar surface area (TPSA) is 78.3 Å². The first-order valence-electron chi connectivity index (χ1n) is 10.7. The summed E-state index contributed by atoms with van der Waals surface area (Å²) in [7, 11) is 0. The van der Waals surface area contributed by atoms with Gasteiger partial charge in [0.25, 0.3) is 11.5 Å². The van der Waals surface area contributed by atoms with Crippen LogP contribution in [0.2, 0.25) is 0 Å². The molecule has 6 nitrogen and oxygen atoms in total. The number of hydrogen-bond acceptors (Lipinski definition) is 3. The first-order chi connectivity index (χ1) is 14.5. The molecule has 2 N–H and O–H groups in total. The van der Waals surface area contributed by atoms with E-state index in [2.05, 4.69) is 11.1 Å². The summed E-state index contributed by atoms with van der Waals surface area (Å²) in [6.45, 7) is 3.64. The van der Waals surface area contributed by atoms with Crippen LogP contribution in [-0.2, 0) is 13.0 Å². The van der Waals surface area contributed by atoms with Crippen LogP contribution < -0.4 is 5.56 Å². The molecule has 3 aromatic rings. The Hall–Kier alpha value is -2.86. The van der Waals surface area contributed by atoms with Gasteiger partial charge in [-0.1, -0.05) is 18.2 Å². The number of likely N-dealkylation sites (tertiary alicyclic amines) is 1. The quantitative estimate of drug-likeness (QED) is 0.701. The molecule has 2 fully saturated rings. The minimum absolute atomic E-state index is 0.164. The van der Waals surface area contributed by atoms with E-state index in [1.165, 1.54) is 5.39 Å². The SMILES string of the molecule is Cc1ccn(CCc2c[nH]c3ccccc23)c(=O)c1C(=O)N1C[C@H]2CC(O)C[C@H]2C1. The van der Waals surface area contributed by atoms with Gasteiger partial charge in [-0.25, -0.2) is 0 Å². The average Bonchev–Trinajstić information content (AvgIpc) is 3.40. The molecule has 5 rings (SSSR count). The maximum atomic E-state index is 13.2. The summed E-state index contributed by atoms with van der Waals surface area (Å²) >= 11 is 0. The zero-order valence-corrected chi connectivity index (χ0v) is 17.2. The molecule has 0 spiro atoms. The molecule has 0 radical (unpaired) electrons. The largest absolute Gasteiger partial charge is 0.393 e. The molecule has 1 amide bonds. The molecule has 6 heteroatoms. The van der Waals surface area contributed by atoms with Crippen molar-refractivity contribution in [1.29, 1.82) is 0 Å². The second-order valence-corrected chi connectivity index (χ2v) is 8.84. The number of aromatic amines is 1. The number of hydrogen-bond donors (Lipinski definition) is 2. The lowest BCUT2D eigenvalue weighted by atomic mass is 10.0. The van der Waals surface area contributed by atoms with Gasteiger partial charge in [0.15, 0.2) is 0 Å². The number of rotatable bonds is 4. The van der Waals surface area contributed by atoms with E-state index in [1.807, 2.05) is 42.3 Å². The molecule has 1 aliphatic heterocycles. The Balaban J connectivity index is 1.36. The first kappa shape index (κ1) is 19.1. The van der Waals surface area contributed by atoms with Crippen LogP contribution in [0, 0.1) is 18.8 Å². The number of H-pyrrole nitrogens is 1. The van der Waals surface area contributed by atoms with Crippen molar-refractivity contribution in [2.24, 2.45) is 11.8 Å². The van der Waals surface area contributed by atoms with Crippen molar-refractivity contribution < 1.29 is 9.90 Å². The van der Waals surface area contributed by atoms with Crippen LogP contribution in [0.15, 0.2) is 47.5 Å². The Morgan fingerprint density at radius 1 is 1.17 bits per heavy atom.